The fourth-order valence-corrected chi connectivity index (χ4v) is 4.10. The number of carbonyl (C=O) groups is 2. The zero-order valence-corrected chi connectivity index (χ0v) is 19.0. The molecule has 1 aromatic heterocycles. The van der Waals surface area contributed by atoms with E-state index in [1.807, 2.05) is 58.0 Å². The number of nitrogens with zero attached hydrogens (tertiary/aromatic N) is 2. The van der Waals surface area contributed by atoms with E-state index in [-0.39, 0.29) is 11.8 Å². The molecule has 0 N–H and O–H groups in total. The van der Waals surface area contributed by atoms with Gasteiger partial charge < -0.3 is 14.2 Å². The number of benzene rings is 1. The van der Waals surface area contributed by atoms with Crippen molar-refractivity contribution >= 4 is 29.6 Å². The van der Waals surface area contributed by atoms with Gasteiger partial charge in [-0.2, -0.15) is 0 Å². The van der Waals surface area contributed by atoms with E-state index in [1.54, 1.807) is 17.9 Å². The zero-order valence-electron chi connectivity index (χ0n) is 18.2. The lowest BCUT2D eigenvalue weighted by molar-refractivity contribution is -0.136. The average molecular weight is 427 g/mol. The van der Waals surface area contributed by atoms with Crippen molar-refractivity contribution in [1.82, 2.24) is 9.47 Å². The van der Waals surface area contributed by atoms with Crippen molar-refractivity contribution in [2.45, 2.75) is 34.6 Å². The highest BCUT2D eigenvalue weighted by atomic mass is 35.5. The first-order valence-electron chi connectivity index (χ1n) is 9.93. The largest absolute Gasteiger partial charge is 0.465 e. The minimum atomic E-state index is -0.498. The number of ether oxygens (including phenoxy) is 1. The highest BCUT2D eigenvalue weighted by Crippen LogP contribution is 2.33. The number of halogens is 1. The van der Waals surface area contributed by atoms with Crippen LogP contribution in [0.1, 0.15) is 37.7 Å². The summed E-state index contributed by atoms with van der Waals surface area (Å²) in [6.45, 7) is 10.4. The second kappa shape index (κ2) is 8.52. The summed E-state index contributed by atoms with van der Waals surface area (Å²) in [4.78, 5) is 27.4. The van der Waals surface area contributed by atoms with Crippen LogP contribution in [-0.4, -0.2) is 35.0 Å². The van der Waals surface area contributed by atoms with Gasteiger partial charge in [-0.15, -0.1) is 0 Å². The second-order valence-corrected chi connectivity index (χ2v) is 8.40. The highest BCUT2D eigenvalue weighted by molar-refractivity contribution is 6.30. The van der Waals surface area contributed by atoms with Crippen LogP contribution in [0, 0.1) is 19.8 Å². The topological polar surface area (TPSA) is 51.5 Å². The summed E-state index contributed by atoms with van der Waals surface area (Å²) < 4.78 is 7.06. The molecule has 1 aliphatic heterocycles. The van der Waals surface area contributed by atoms with Crippen LogP contribution in [0.5, 0.6) is 0 Å². The van der Waals surface area contributed by atoms with Gasteiger partial charge in [0.15, 0.2) is 0 Å². The van der Waals surface area contributed by atoms with E-state index >= 15 is 0 Å². The molecule has 6 heteroatoms. The van der Waals surface area contributed by atoms with Gasteiger partial charge in [-0.05, 0) is 62.6 Å². The van der Waals surface area contributed by atoms with E-state index in [0.717, 1.165) is 22.6 Å². The first kappa shape index (κ1) is 21.9. The first-order chi connectivity index (χ1) is 14.1. The standard InChI is InChI=1S/C24H27ClN2O3/c1-14(2)13-26-17(5)22(24(29)30-6)21(23(26)28)11-18-10-15(3)27(16(18)4)20-9-7-8-19(25)12-20/h7-12,14H,13H2,1-6H3/b21-11+. The van der Waals surface area contributed by atoms with Crippen LogP contribution in [0.4, 0.5) is 0 Å². The fraction of sp³-hybridized carbons (Fsp3) is 0.333. The Morgan fingerprint density at radius 3 is 2.50 bits per heavy atom. The van der Waals surface area contributed by atoms with E-state index in [0.29, 0.717) is 28.4 Å². The minimum absolute atomic E-state index is 0.172. The third-order valence-electron chi connectivity index (χ3n) is 5.29. The number of hydrogen-bond donors (Lipinski definition) is 0. The smallest absolute Gasteiger partial charge is 0.340 e. The number of aromatic nitrogens is 1. The summed E-state index contributed by atoms with van der Waals surface area (Å²) in [6.07, 6.45) is 1.79. The molecule has 5 nitrogen and oxygen atoms in total. The molecule has 0 spiro atoms. The Morgan fingerprint density at radius 2 is 1.90 bits per heavy atom. The summed E-state index contributed by atoms with van der Waals surface area (Å²) in [6, 6.07) is 9.62. The summed E-state index contributed by atoms with van der Waals surface area (Å²) in [5.41, 5.74) is 5.11. The molecule has 0 saturated heterocycles. The van der Waals surface area contributed by atoms with Gasteiger partial charge in [0.1, 0.15) is 0 Å². The van der Waals surface area contributed by atoms with Crippen molar-refractivity contribution in [1.29, 1.82) is 0 Å². The Morgan fingerprint density at radius 1 is 1.20 bits per heavy atom. The van der Waals surface area contributed by atoms with Crippen LogP contribution in [0.15, 0.2) is 47.2 Å². The van der Waals surface area contributed by atoms with Gasteiger partial charge in [-0.1, -0.05) is 31.5 Å². The Kier molecular flexibility index (Phi) is 6.22. The Bertz CT molecular complexity index is 1080. The van der Waals surface area contributed by atoms with Gasteiger partial charge in [0.2, 0.25) is 0 Å². The molecular weight excluding hydrogens is 400 g/mol. The van der Waals surface area contributed by atoms with E-state index in [4.69, 9.17) is 16.3 Å². The third kappa shape index (κ3) is 3.94. The fourth-order valence-electron chi connectivity index (χ4n) is 3.91. The number of esters is 1. The highest BCUT2D eigenvalue weighted by Gasteiger charge is 2.37. The molecule has 1 aromatic carbocycles. The number of aryl methyl sites for hydroxylation is 1. The third-order valence-corrected chi connectivity index (χ3v) is 5.52. The lowest BCUT2D eigenvalue weighted by atomic mass is 10.0. The van der Waals surface area contributed by atoms with Crippen LogP contribution >= 0.6 is 11.6 Å². The maximum absolute atomic E-state index is 13.2. The normalized spacial score (nSPS) is 15.7. The van der Waals surface area contributed by atoms with Crippen molar-refractivity contribution in [2.24, 2.45) is 5.92 Å². The molecule has 2 aromatic rings. The molecule has 0 radical (unpaired) electrons. The van der Waals surface area contributed by atoms with E-state index in [2.05, 4.69) is 4.57 Å². The summed E-state index contributed by atoms with van der Waals surface area (Å²) in [5.74, 6) is -0.397. The van der Waals surface area contributed by atoms with Crippen molar-refractivity contribution in [3.8, 4) is 5.69 Å². The lowest BCUT2D eigenvalue weighted by Gasteiger charge is -2.19. The first-order valence-corrected chi connectivity index (χ1v) is 10.3. The van der Waals surface area contributed by atoms with Gasteiger partial charge in [0, 0.05) is 34.3 Å². The van der Waals surface area contributed by atoms with Crippen molar-refractivity contribution in [2.75, 3.05) is 13.7 Å². The number of methoxy groups -OCH3 is 1. The van der Waals surface area contributed by atoms with Gasteiger partial charge in [0.05, 0.1) is 18.3 Å². The number of rotatable bonds is 5. The molecule has 0 bridgehead atoms. The SMILES string of the molecule is COC(=O)C1=C(C)N(CC(C)C)C(=O)/C1=C/c1cc(C)n(-c2cccc(Cl)c2)c1C. The van der Waals surface area contributed by atoms with Crippen molar-refractivity contribution in [3.05, 3.63) is 69.1 Å². The molecule has 1 aliphatic rings. The van der Waals surface area contributed by atoms with Crippen LogP contribution in [-0.2, 0) is 14.3 Å². The van der Waals surface area contributed by atoms with E-state index < -0.39 is 5.97 Å². The maximum atomic E-state index is 13.2. The van der Waals surface area contributed by atoms with Crippen LogP contribution in [0.25, 0.3) is 11.8 Å². The molecule has 0 aliphatic carbocycles. The number of allylic oxidation sites excluding steroid dienone is 1. The van der Waals surface area contributed by atoms with E-state index in [9.17, 15) is 9.59 Å². The van der Waals surface area contributed by atoms with Crippen LogP contribution in [0.2, 0.25) is 5.02 Å². The predicted molar refractivity (Wildman–Crippen MR) is 119 cm³/mol. The molecule has 0 saturated carbocycles. The molecular formula is C24H27ClN2O3. The molecule has 158 valence electrons. The maximum Gasteiger partial charge on any atom is 0.340 e. The van der Waals surface area contributed by atoms with Gasteiger partial charge in [0.25, 0.3) is 5.91 Å². The molecule has 3 rings (SSSR count). The predicted octanol–water partition coefficient (Wildman–Crippen LogP) is 5.08. The molecule has 2 heterocycles. The Hall–Kier alpha value is -2.79. The number of amides is 1. The minimum Gasteiger partial charge on any atom is -0.465 e. The Labute approximate surface area is 182 Å². The summed E-state index contributed by atoms with van der Waals surface area (Å²) >= 11 is 6.17. The second-order valence-electron chi connectivity index (χ2n) is 7.96. The van der Waals surface area contributed by atoms with Gasteiger partial charge in [-0.25, -0.2) is 4.79 Å². The molecule has 0 fully saturated rings. The summed E-state index contributed by atoms with van der Waals surface area (Å²) in [7, 11) is 1.33. The number of hydrogen-bond acceptors (Lipinski definition) is 3. The summed E-state index contributed by atoms with van der Waals surface area (Å²) in [5, 5.41) is 0.654. The van der Waals surface area contributed by atoms with Crippen molar-refractivity contribution in [3.63, 3.8) is 0 Å². The molecule has 0 unspecified atom stereocenters. The quantitative estimate of drug-likeness (QED) is 0.495. The van der Waals surface area contributed by atoms with E-state index in [1.165, 1.54) is 7.11 Å². The zero-order chi connectivity index (χ0) is 22.2. The van der Waals surface area contributed by atoms with Gasteiger partial charge >= 0.3 is 5.97 Å². The molecule has 1 amide bonds. The van der Waals surface area contributed by atoms with Crippen molar-refractivity contribution < 1.29 is 14.3 Å². The van der Waals surface area contributed by atoms with Gasteiger partial charge in [-0.3, -0.25) is 4.79 Å². The average Bonchev–Trinajstić information content (AvgIpc) is 3.08. The lowest BCUT2D eigenvalue weighted by Crippen LogP contribution is -2.28. The molecule has 30 heavy (non-hydrogen) atoms. The number of carbonyl (C=O) groups excluding carboxylic acids is 2. The van der Waals surface area contributed by atoms with Crippen LogP contribution in [0.3, 0.4) is 0 Å². The monoisotopic (exact) mass is 426 g/mol. The van der Waals surface area contributed by atoms with Crippen LogP contribution < -0.4 is 0 Å². The Balaban J connectivity index is 2.12. The molecule has 0 atom stereocenters.